The second kappa shape index (κ2) is 8.85. The lowest BCUT2D eigenvalue weighted by molar-refractivity contribution is -0.384. The van der Waals surface area contributed by atoms with Gasteiger partial charge in [0.2, 0.25) is 11.8 Å². The van der Waals surface area contributed by atoms with E-state index in [-0.39, 0.29) is 17.5 Å². The van der Waals surface area contributed by atoms with Crippen molar-refractivity contribution in [1.29, 1.82) is 0 Å². The first-order valence-corrected chi connectivity index (χ1v) is 10.1. The molecule has 0 aliphatic carbocycles. The molecule has 1 aromatic heterocycles. The Hall–Kier alpha value is -4.26. The number of fused-ring (bicyclic) bond motifs is 1. The van der Waals surface area contributed by atoms with Crippen LogP contribution < -0.4 is 5.32 Å². The standard InChI is InChI=1S/C25H21N3O4/c1-16(2)18-10-7-17(8-11-18)9-14-24(29)26-21-6-4-3-5-20(21)25-27-22-15-19(28(30)31)12-13-23(22)32-25/h3-16H,1-2H3,(H,26,29). The Morgan fingerprint density at radius 1 is 1.09 bits per heavy atom. The molecule has 0 aliphatic rings. The molecule has 0 unspecified atom stereocenters. The smallest absolute Gasteiger partial charge is 0.271 e. The maximum atomic E-state index is 12.5. The molecular weight excluding hydrogens is 406 g/mol. The summed E-state index contributed by atoms with van der Waals surface area (Å²) in [6.45, 7) is 4.27. The Labute approximate surface area is 184 Å². The second-order valence-corrected chi connectivity index (χ2v) is 7.62. The molecule has 0 saturated heterocycles. The zero-order valence-corrected chi connectivity index (χ0v) is 17.6. The number of benzene rings is 3. The molecule has 1 amide bonds. The molecule has 1 N–H and O–H groups in total. The van der Waals surface area contributed by atoms with E-state index in [1.165, 1.54) is 29.8 Å². The van der Waals surface area contributed by atoms with Crippen LogP contribution in [-0.4, -0.2) is 15.8 Å². The van der Waals surface area contributed by atoms with Crippen LogP contribution in [0.1, 0.15) is 30.9 Å². The van der Waals surface area contributed by atoms with Gasteiger partial charge in [0, 0.05) is 18.2 Å². The first-order chi connectivity index (χ1) is 15.4. The number of anilines is 1. The molecule has 160 valence electrons. The molecule has 0 fully saturated rings. The van der Waals surface area contributed by atoms with Crippen LogP contribution in [0.25, 0.3) is 28.6 Å². The Balaban J connectivity index is 1.55. The van der Waals surface area contributed by atoms with Crippen LogP contribution in [0.4, 0.5) is 11.4 Å². The lowest BCUT2D eigenvalue weighted by Crippen LogP contribution is -2.08. The van der Waals surface area contributed by atoms with Gasteiger partial charge in [0.05, 0.1) is 16.2 Å². The van der Waals surface area contributed by atoms with Crippen molar-refractivity contribution in [3.63, 3.8) is 0 Å². The zero-order chi connectivity index (χ0) is 22.7. The fraction of sp³-hybridized carbons (Fsp3) is 0.120. The summed E-state index contributed by atoms with van der Waals surface area (Å²) in [6.07, 6.45) is 3.22. The van der Waals surface area contributed by atoms with Crippen LogP contribution >= 0.6 is 0 Å². The van der Waals surface area contributed by atoms with Gasteiger partial charge in [-0.3, -0.25) is 14.9 Å². The minimum atomic E-state index is -0.481. The quantitative estimate of drug-likeness (QED) is 0.225. The fourth-order valence-electron chi connectivity index (χ4n) is 3.26. The van der Waals surface area contributed by atoms with Crippen LogP contribution in [0.3, 0.4) is 0 Å². The van der Waals surface area contributed by atoms with E-state index >= 15 is 0 Å². The third-order valence-electron chi connectivity index (χ3n) is 5.03. The number of para-hydroxylation sites is 1. The van der Waals surface area contributed by atoms with Gasteiger partial charge in [-0.1, -0.05) is 50.2 Å². The van der Waals surface area contributed by atoms with E-state index in [0.717, 1.165) is 5.56 Å². The SMILES string of the molecule is CC(C)c1ccc(C=CC(=O)Nc2ccccc2-c2nc3cc([N+](=O)[O-])ccc3o2)cc1. The summed E-state index contributed by atoms with van der Waals surface area (Å²) in [5, 5.41) is 13.8. The Morgan fingerprint density at radius 2 is 1.84 bits per heavy atom. The molecule has 0 bridgehead atoms. The zero-order valence-electron chi connectivity index (χ0n) is 17.6. The highest BCUT2D eigenvalue weighted by Crippen LogP contribution is 2.31. The summed E-state index contributed by atoms with van der Waals surface area (Å²) in [6, 6.07) is 19.4. The van der Waals surface area contributed by atoms with Gasteiger partial charge in [-0.05, 0) is 41.3 Å². The number of oxazole rings is 1. The number of rotatable bonds is 6. The number of hydrogen-bond acceptors (Lipinski definition) is 5. The molecule has 3 aromatic carbocycles. The number of amides is 1. The second-order valence-electron chi connectivity index (χ2n) is 7.62. The molecule has 1 heterocycles. The van der Waals surface area contributed by atoms with E-state index in [9.17, 15) is 14.9 Å². The van der Waals surface area contributed by atoms with Crippen molar-refractivity contribution in [3.8, 4) is 11.5 Å². The average molecular weight is 427 g/mol. The summed E-state index contributed by atoms with van der Waals surface area (Å²) >= 11 is 0. The number of nitrogens with one attached hydrogen (secondary N) is 1. The van der Waals surface area contributed by atoms with Gasteiger partial charge in [-0.2, -0.15) is 0 Å². The number of carbonyl (C=O) groups excluding carboxylic acids is 1. The van der Waals surface area contributed by atoms with E-state index in [1.54, 1.807) is 30.3 Å². The predicted molar refractivity (Wildman–Crippen MR) is 124 cm³/mol. The average Bonchev–Trinajstić information content (AvgIpc) is 3.21. The molecule has 0 spiro atoms. The number of carbonyl (C=O) groups is 1. The van der Waals surface area contributed by atoms with Gasteiger partial charge in [-0.25, -0.2) is 4.98 Å². The summed E-state index contributed by atoms with van der Waals surface area (Å²) in [4.78, 5) is 27.4. The van der Waals surface area contributed by atoms with E-state index in [0.29, 0.717) is 28.3 Å². The summed E-state index contributed by atoms with van der Waals surface area (Å²) < 4.78 is 5.77. The minimum absolute atomic E-state index is 0.0644. The highest BCUT2D eigenvalue weighted by Gasteiger charge is 2.15. The summed E-state index contributed by atoms with van der Waals surface area (Å²) in [5.74, 6) is 0.424. The maximum absolute atomic E-state index is 12.5. The van der Waals surface area contributed by atoms with Gasteiger partial charge in [0.1, 0.15) is 5.52 Å². The topological polar surface area (TPSA) is 98.3 Å². The third kappa shape index (κ3) is 4.57. The lowest BCUT2D eigenvalue weighted by Gasteiger charge is -2.07. The number of aromatic nitrogens is 1. The van der Waals surface area contributed by atoms with Crippen LogP contribution in [0.15, 0.2) is 77.2 Å². The van der Waals surface area contributed by atoms with Gasteiger partial charge >= 0.3 is 0 Å². The van der Waals surface area contributed by atoms with Gasteiger partial charge < -0.3 is 9.73 Å². The number of hydrogen-bond donors (Lipinski definition) is 1. The van der Waals surface area contributed by atoms with E-state index in [2.05, 4.69) is 36.3 Å². The molecule has 4 aromatic rings. The number of nitrogens with zero attached hydrogens (tertiary/aromatic N) is 2. The summed E-state index contributed by atoms with van der Waals surface area (Å²) in [5.41, 5.74) is 4.01. The highest BCUT2D eigenvalue weighted by atomic mass is 16.6. The van der Waals surface area contributed by atoms with Gasteiger partial charge in [0.15, 0.2) is 5.58 Å². The normalized spacial score (nSPS) is 11.3. The maximum Gasteiger partial charge on any atom is 0.271 e. The van der Waals surface area contributed by atoms with Crippen molar-refractivity contribution in [2.75, 3.05) is 5.32 Å². The molecule has 0 aliphatic heterocycles. The van der Waals surface area contributed by atoms with E-state index in [4.69, 9.17) is 4.42 Å². The number of non-ortho nitro benzene ring substituents is 1. The molecule has 0 saturated carbocycles. The summed E-state index contributed by atoms with van der Waals surface area (Å²) in [7, 11) is 0. The molecule has 4 rings (SSSR count). The Bertz CT molecular complexity index is 1320. The fourth-order valence-corrected chi connectivity index (χ4v) is 3.26. The van der Waals surface area contributed by atoms with Gasteiger partial charge in [-0.15, -0.1) is 0 Å². The number of nitro groups is 1. The molecule has 0 radical (unpaired) electrons. The number of nitro benzene ring substituents is 1. The van der Waals surface area contributed by atoms with Crippen LogP contribution in [0.5, 0.6) is 0 Å². The Morgan fingerprint density at radius 3 is 2.56 bits per heavy atom. The van der Waals surface area contributed by atoms with Gasteiger partial charge in [0.25, 0.3) is 5.69 Å². The van der Waals surface area contributed by atoms with Crippen molar-refractivity contribution < 1.29 is 14.1 Å². The highest BCUT2D eigenvalue weighted by molar-refractivity contribution is 6.04. The van der Waals surface area contributed by atoms with E-state index < -0.39 is 4.92 Å². The first-order valence-electron chi connectivity index (χ1n) is 10.1. The molecule has 0 atom stereocenters. The Kier molecular flexibility index (Phi) is 5.81. The third-order valence-corrected chi connectivity index (χ3v) is 5.03. The van der Waals surface area contributed by atoms with Crippen molar-refractivity contribution >= 4 is 34.5 Å². The largest absolute Gasteiger partial charge is 0.436 e. The predicted octanol–water partition coefficient (Wildman–Crippen LogP) is 6.18. The molecule has 7 heteroatoms. The van der Waals surface area contributed by atoms with Crippen molar-refractivity contribution in [2.24, 2.45) is 0 Å². The van der Waals surface area contributed by atoms with Crippen LogP contribution in [-0.2, 0) is 4.79 Å². The first kappa shape index (κ1) is 21.0. The van der Waals surface area contributed by atoms with Crippen LogP contribution in [0.2, 0.25) is 0 Å². The molecule has 7 nitrogen and oxygen atoms in total. The van der Waals surface area contributed by atoms with Crippen LogP contribution in [0, 0.1) is 10.1 Å². The monoisotopic (exact) mass is 427 g/mol. The molecular formula is C25H21N3O4. The lowest BCUT2D eigenvalue weighted by atomic mass is 10.0. The van der Waals surface area contributed by atoms with Crippen molar-refractivity contribution in [2.45, 2.75) is 19.8 Å². The van der Waals surface area contributed by atoms with Crippen molar-refractivity contribution in [3.05, 3.63) is 94.0 Å². The molecule has 32 heavy (non-hydrogen) atoms. The van der Waals surface area contributed by atoms with E-state index in [1.807, 2.05) is 12.1 Å². The minimum Gasteiger partial charge on any atom is -0.436 e. The van der Waals surface area contributed by atoms with Crippen molar-refractivity contribution in [1.82, 2.24) is 4.98 Å².